The molecular weight excluding hydrogens is 314 g/mol. The van der Waals surface area contributed by atoms with Gasteiger partial charge in [-0.3, -0.25) is 4.79 Å². The van der Waals surface area contributed by atoms with Gasteiger partial charge >= 0.3 is 6.01 Å². The number of nitrogens with zero attached hydrogens (tertiary/aromatic N) is 3. The maximum absolute atomic E-state index is 12.7. The van der Waals surface area contributed by atoms with E-state index >= 15 is 0 Å². The van der Waals surface area contributed by atoms with E-state index in [0.717, 1.165) is 18.4 Å². The van der Waals surface area contributed by atoms with Crippen LogP contribution in [0.3, 0.4) is 0 Å². The molecule has 1 aromatic heterocycles. The summed E-state index contributed by atoms with van der Waals surface area (Å²) in [5.41, 5.74) is 2.08. The van der Waals surface area contributed by atoms with E-state index in [1.54, 1.807) is 18.5 Å². The highest BCUT2D eigenvalue weighted by molar-refractivity contribution is 5.94. The molecule has 1 aromatic carbocycles. The van der Waals surface area contributed by atoms with Crippen LogP contribution in [0.5, 0.6) is 6.01 Å². The fraction of sp³-hybridized carbons (Fsp3) is 0.450. The van der Waals surface area contributed by atoms with Crippen molar-refractivity contribution in [2.24, 2.45) is 0 Å². The minimum absolute atomic E-state index is 0.0646. The number of carbonyl (C=O) groups excluding carboxylic acids is 1. The van der Waals surface area contributed by atoms with E-state index in [1.165, 1.54) is 5.56 Å². The Kier molecular flexibility index (Phi) is 5.02. The van der Waals surface area contributed by atoms with Crippen molar-refractivity contribution < 1.29 is 9.53 Å². The highest BCUT2D eigenvalue weighted by Crippen LogP contribution is 2.23. The molecule has 1 aliphatic heterocycles. The lowest BCUT2D eigenvalue weighted by molar-refractivity contribution is 0.0578. The first-order valence-electron chi connectivity index (χ1n) is 8.77. The number of ether oxygens (including phenoxy) is 1. The zero-order valence-corrected chi connectivity index (χ0v) is 15.1. The maximum Gasteiger partial charge on any atom is 0.316 e. The molecule has 1 amide bonds. The molecule has 25 heavy (non-hydrogen) atoms. The van der Waals surface area contributed by atoms with Gasteiger partial charge in [-0.1, -0.05) is 32.9 Å². The summed E-state index contributed by atoms with van der Waals surface area (Å²) in [4.78, 5) is 22.8. The van der Waals surface area contributed by atoms with Gasteiger partial charge in [0.1, 0.15) is 6.10 Å². The third-order valence-corrected chi connectivity index (χ3v) is 4.54. The average molecular weight is 339 g/mol. The number of piperidine rings is 1. The van der Waals surface area contributed by atoms with Crippen LogP contribution in [0, 0.1) is 0 Å². The summed E-state index contributed by atoms with van der Waals surface area (Å²) >= 11 is 0. The largest absolute Gasteiger partial charge is 0.460 e. The summed E-state index contributed by atoms with van der Waals surface area (Å²) in [7, 11) is 0. The van der Waals surface area contributed by atoms with Crippen molar-refractivity contribution in [3.05, 3.63) is 53.9 Å². The Morgan fingerprint density at radius 1 is 1.08 bits per heavy atom. The zero-order chi connectivity index (χ0) is 17.9. The summed E-state index contributed by atoms with van der Waals surface area (Å²) in [6, 6.07) is 10.1. The summed E-state index contributed by atoms with van der Waals surface area (Å²) in [5.74, 6) is 0.0925. The number of hydrogen-bond acceptors (Lipinski definition) is 4. The number of carbonyl (C=O) groups is 1. The molecule has 0 unspecified atom stereocenters. The van der Waals surface area contributed by atoms with Gasteiger partial charge in [0.2, 0.25) is 0 Å². The van der Waals surface area contributed by atoms with Crippen LogP contribution >= 0.6 is 0 Å². The molecule has 0 bridgehead atoms. The molecule has 0 saturated carbocycles. The molecule has 2 aromatic rings. The molecule has 5 heteroatoms. The monoisotopic (exact) mass is 339 g/mol. The lowest BCUT2D eigenvalue weighted by Crippen LogP contribution is -2.41. The average Bonchev–Trinajstić information content (AvgIpc) is 2.62. The number of hydrogen-bond donors (Lipinski definition) is 0. The lowest BCUT2D eigenvalue weighted by Gasteiger charge is -2.31. The predicted molar refractivity (Wildman–Crippen MR) is 96.7 cm³/mol. The SMILES string of the molecule is CC(C)(C)c1ccc(C(=O)N2CCC(Oc3ncccn3)CC2)cc1. The van der Waals surface area contributed by atoms with Crippen LogP contribution in [-0.2, 0) is 5.41 Å². The number of rotatable bonds is 3. The van der Waals surface area contributed by atoms with Crippen LogP contribution in [0.15, 0.2) is 42.7 Å². The molecule has 1 saturated heterocycles. The normalized spacial score (nSPS) is 15.9. The minimum Gasteiger partial charge on any atom is -0.460 e. The second-order valence-electron chi connectivity index (χ2n) is 7.47. The quantitative estimate of drug-likeness (QED) is 0.859. The van der Waals surface area contributed by atoms with Crippen molar-refractivity contribution in [2.45, 2.75) is 45.1 Å². The van der Waals surface area contributed by atoms with E-state index < -0.39 is 0 Å². The lowest BCUT2D eigenvalue weighted by atomic mass is 9.86. The van der Waals surface area contributed by atoms with Crippen LogP contribution in [0.1, 0.15) is 49.5 Å². The van der Waals surface area contributed by atoms with Gasteiger partial charge in [0.25, 0.3) is 5.91 Å². The van der Waals surface area contributed by atoms with Gasteiger partial charge in [0.15, 0.2) is 0 Å². The fourth-order valence-corrected chi connectivity index (χ4v) is 2.97. The molecule has 5 nitrogen and oxygen atoms in total. The van der Waals surface area contributed by atoms with E-state index in [-0.39, 0.29) is 17.4 Å². The van der Waals surface area contributed by atoms with E-state index in [4.69, 9.17) is 4.74 Å². The van der Waals surface area contributed by atoms with Crippen molar-refractivity contribution in [3.8, 4) is 6.01 Å². The number of benzene rings is 1. The smallest absolute Gasteiger partial charge is 0.316 e. The number of amides is 1. The van der Waals surface area contributed by atoms with Crippen molar-refractivity contribution >= 4 is 5.91 Å². The van der Waals surface area contributed by atoms with Crippen LogP contribution in [-0.4, -0.2) is 40.0 Å². The van der Waals surface area contributed by atoms with Gasteiger partial charge in [-0.25, -0.2) is 9.97 Å². The van der Waals surface area contributed by atoms with Gasteiger partial charge in [0.05, 0.1) is 0 Å². The molecule has 3 rings (SSSR count). The molecule has 0 spiro atoms. The summed E-state index contributed by atoms with van der Waals surface area (Å²) in [6.07, 6.45) is 4.99. The Morgan fingerprint density at radius 3 is 2.24 bits per heavy atom. The second-order valence-corrected chi connectivity index (χ2v) is 7.47. The first-order valence-corrected chi connectivity index (χ1v) is 8.77. The van der Waals surface area contributed by atoms with Gasteiger partial charge in [-0.15, -0.1) is 0 Å². The van der Waals surface area contributed by atoms with Gasteiger partial charge < -0.3 is 9.64 Å². The molecule has 0 atom stereocenters. The molecule has 1 fully saturated rings. The Balaban J connectivity index is 1.56. The number of likely N-dealkylation sites (tertiary alicyclic amines) is 1. The van der Waals surface area contributed by atoms with Crippen molar-refractivity contribution in [1.82, 2.24) is 14.9 Å². The van der Waals surface area contributed by atoms with E-state index in [9.17, 15) is 4.79 Å². The van der Waals surface area contributed by atoms with E-state index in [2.05, 4.69) is 42.9 Å². The predicted octanol–water partition coefficient (Wildman–Crippen LogP) is 3.46. The molecule has 132 valence electrons. The molecule has 2 heterocycles. The van der Waals surface area contributed by atoms with Crippen LogP contribution in [0.2, 0.25) is 0 Å². The first kappa shape index (κ1) is 17.4. The minimum atomic E-state index is 0.0646. The van der Waals surface area contributed by atoms with Gasteiger partial charge in [-0.05, 0) is 29.2 Å². The van der Waals surface area contributed by atoms with Crippen molar-refractivity contribution in [2.75, 3.05) is 13.1 Å². The third-order valence-electron chi connectivity index (χ3n) is 4.54. The summed E-state index contributed by atoms with van der Waals surface area (Å²) in [6.45, 7) is 7.90. The molecule has 0 N–H and O–H groups in total. The molecular formula is C20H25N3O2. The first-order chi connectivity index (χ1) is 11.9. The van der Waals surface area contributed by atoms with Crippen molar-refractivity contribution in [1.29, 1.82) is 0 Å². The van der Waals surface area contributed by atoms with Crippen LogP contribution < -0.4 is 4.74 Å². The second kappa shape index (κ2) is 7.21. The van der Waals surface area contributed by atoms with Crippen LogP contribution in [0.4, 0.5) is 0 Å². The van der Waals surface area contributed by atoms with Crippen LogP contribution in [0.25, 0.3) is 0 Å². The molecule has 0 radical (unpaired) electrons. The van der Waals surface area contributed by atoms with Crippen molar-refractivity contribution in [3.63, 3.8) is 0 Å². The fourth-order valence-electron chi connectivity index (χ4n) is 2.97. The van der Waals surface area contributed by atoms with E-state index in [0.29, 0.717) is 19.1 Å². The molecule has 0 aliphatic carbocycles. The Hall–Kier alpha value is -2.43. The third kappa shape index (κ3) is 4.35. The Labute approximate surface area is 149 Å². The standard InChI is InChI=1S/C20H25N3O2/c1-20(2,3)16-7-5-15(6-8-16)18(24)23-13-9-17(10-14-23)25-19-21-11-4-12-22-19/h4-8,11-12,17H,9-10,13-14H2,1-3H3. The highest BCUT2D eigenvalue weighted by Gasteiger charge is 2.25. The van der Waals surface area contributed by atoms with E-state index in [1.807, 2.05) is 17.0 Å². The highest BCUT2D eigenvalue weighted by atomic mass is 16.5. The topological polar surface area (TPSA) is 55.3 Å². The Bertz CT molecular complexity index is 700. The summed E-state index contributed by atoms with van der Waals surface area (Å²) in [5, 5.41) is 0. The van der Waals surface area contributed by atoms with Gasteiger partial charge in [0, 0.05) is 43.9 Å². The zero-order valence-electron chi connectivity index (χ0n) is 15.1. The number of aromatic nitrogens is 2. The Morgan fingerprint density at radius 2 is 1.68 bits per heavy atom. The maximum atomic E-state index is 12.7. The summed E-state index contributed by atoms with van der Waals surface area (Å²) < 4.78 is 5.78. The van der Waals surface area contributed by atoms with Gasteiger partial charge in [-0.2, -0.15) is 0 Å². The molecule has 1 aliphatic rings.